The normalized spacial score (nSPS) is 10.3. The molecule has 0 radical (unpaired) electrons. The molecule has 0 bridgehead atoms. The zero-order valence-corrected chi connectivity index (χ0v) is 15.0. The van der Waals surface area contributed by atoms with Crippen LogP contribution in [0.3, 0.4) is 0 Å². The van der Waals surface area contributed by atoms with Crippen LogP contribution < -0.4 is 5.56 Å². The average Bonchev–Trinajstić information content (AvgIpc) is 2.54. The number of nitrogens with zero attached hydrogens (tertiary/aromatic N) is 1. The van der Waals surface area contributed by atoms with Crippen LogP contribution in [0.1, 0.15) is 33.3 Å². The number of halogens is 1. The van der Waals surface area contributed by atoms with E-state index in [1.165, 1.54) is 17.7 Å². The Labute approximate surface area is 147 Å². The fourth-order valence-corrected chi connectivity index (χ4v) is 2.69. The van der Waals surface area contributed by atoms with Crippen molar-refractivity contribution in [1.29, 1.82) is 0 Å². The Kier molecular flexibility index (Phi) is 5.56. The first-order chi connectivity index (χ1) is 11.4. The summed E-state index contributed by atoms with van der Waals surface area (Å²) in [5, 5.41) is 0. The van der Waals surface area contributed by atoms with Crippen LogP contribution in [-0.4, -0.2) is 30.2 Å². The van der Waals surface area contributed by atoms with Gasteiger partial charge in [-0.25, -0.2) is 9.59 Å². The van der Waals surface area contributed by atoms with Gasteiger partial charge >= 0.3 is 11.9 Å². The Balaban J connectivity index is 2.81. The maximum absolute atomic E-state index is 12.8. The molecule has 126 valence electrons. The van der Waals surface area contributed by atoms with Crippen molar-refractivity contribution in [2.45, 2.75) is 13.8 Å². The molecule has 7 heteroatoms. The molecule has 1 aromatic heterocycles. The molecule has 0 spiro atoms. The highest BCUT2D eigenvalue weighted by Crippen LogP contribution is 2.19. The summed E-state index contributed by atoms with van der Waals surface area (Å²) in [5.41, 5.74) is 0.237. The lowest BCUT2D eigenvalue weighted by molar-refractivity contribution is 0.0523. The van der Waals surface area contributed by atoms with Crippen LogP contribution in [0.5, 0.6) is 0 Å². The fraction of sp³-hybridized carbons (Fsp3) is 0.235. The number of hydrogen-bond acceptors (Lipinski definition) is 5. The molecular formula is C17H16BrNO5. The highest BCUT2D eigenvalue weighted by atomic mass is 79.9. The summed E-state index contributed by atoms with van der Waals surface area (Å²) in [6.45, 7) is 3.38. The molecule has 0 aliphatic heterocycles. The van der Waals surface area contributed by atoms with Gasteiger partial charge in [-0.15, -0.1) is 0 Å². The van der Waals surface area contributed by atoms with Gasteiger partial charge < -0.3 is 9.47 Å². The van der Waals surface area contributed by atoms with Gasteiger partial charge in [-0.05, 0) is 38.1 Å². The maximum atomic E-state index is 12.8. The quantitative estimate of drug-likeness (QED) is 0.746. The van der Waals surface area contributed by atoms with Gasteiger partial charge in [0.25, 0.3) is 5.56 Å². The lowest BCUT2D eigenvalue weighted by Gasteiger charge is -2.15. The Morgan fingerprint density at radius 1 is 1.17 bits per heavy atom. The molecule has 0 unspecified atom stereocenters. The van der Waals surface area contributed by atoms with Gasteiger partial charge in [0.1, 0.15) is 5.56 Å². The van der Waals surface area contributed by atoms with E-state index in [2.05, 4.69) is 15.9 Å². The van der Waals surface area contributed by atoms with Crippen molar-refractivity contribution in [3.05, 3.63) is 62.0 Å². The predicted octanol–water partition coefficient (Wildman–Crippen LogP) is 2.87. The Morgan fingerprint density at radius 3 is 2.46 bits per heavy atom. The number of hydrogen-bond donors (Lipinski definition) is 0. The second-order valence-corrected chi connectivity index (χ2v) is 5.81. The molecule has 1 aromatic carbocycles. The SMILES string of the molecule is CCOC(=O)c1cc(C(=O)OC)c(C)n(-c2cccc(Br)c2)c1=O. The number of pyridine rings is 1. The number of rotatable bonds is 4. The van der Waals surface area contributed by atoms with Crippen molar-refractivity contribution >= 4 is 27.9 Å². The number of carbonyl (C=O) groups is 2. The van der Waals surface area contributed by atoms with Crippen LogP contribution in [0, 0.1) is 6.92 Å². The van der Waals surface area contributed by atoms with E-state index in [-0.39, 0.29) is 17.7 Å². The van der Waals surface area contributed by atoms with Crippen molar-refractivity contribution in [3.8, 4) is 5.69 Å². The largest absolute Gasteiger partial charge is 0.465 e. The van der Waals surface area contributed by atoms with E-state index in [0.717, 1.165) is 4.47 Å². The van der Waals surface area contributed by atoms with Gasteiger partial charge in [0.2, 0.25) is 0 Å². The number of benzene rings is 1. The first-order valence-corrected chi connectivity index (χ1v) is 7.98. The lowest BCUT2D eigenvalue weighted by atomic mass is 10.1. The first kappa shape index (κ1) is 17.9. The third kappa shape index (κ3) is 3.41. The summed E-state index contributed by atoms with van der Waals surface area (Å²) in [6.07, 6.45) is 0. The van der Waals surface area contributed by atoms with Gasteiger partial charge in [-0.2, -0.15) is 0 Å². The van der Waals surface area contributed by atoms with E-state index >= 15 is 0 Å². The van der Waals surface area contributed by atoms with Gasteiger partial charge in [0.05, 0.1) is 25.0 Å². The first-order valence-electron chi connectivity index (χ1n) is 7.18. The highest BCUT2D eigenvalue weighted by molar-refractivity contribution is 9.10. The van der Waals surface area contributed by atoms with Gasteiger partial charge in [0, 0.05) is 10.2 Å². The van der Waals surface area contributed by atoms with E-state index in [1.54, 1.807) is 38.1 Å². The molecule has 0 amide bonds. The molecular weight excluding hydrogens is 378 g/mol. The van der Waals surface area contributed by atoms with Gasteiger partial charge in [-0.1, -0.05) is 22.0 Å². The summed E-state index contributed by atoms with van der Waals surface area (Å²) in [7, 11) is 1.24. The summed E-state index contributed by atoms with van der Waals surface area (Å²) in [6, 6.07) is 8.19. The monoisotopic (exact) mass is 393 g/mol. The fourth-order valence-electron chi connectivity index (χ4n) is 2.30. The van der Waals surface area contributed by atoms with Crippen LogP contribution in [0.2, 0.25) is 0 Å². The van der Waals surface area contributed by atoms with E-state index in [9.17, 15) is 14.4 Å². The van der Waals surface area contributed by atoms with Crippen molar-refractivity contribution in [3.63, 3.8) is 0 Å². The van der Waals surface area contributed by atoms with Gasteiger partial charge in [0.15, 0.2) is 0 Å². The second-order valence-electron chi connectivity index (χ2n) is 4.89. The number of ether oxygens (including phenoxy) is 2. The zero-order chi connectivity index (χ0) is 17.9. The predicted molar refractivity (Wildman–Crippen MR) is 91.8 cm³/mol. The molecule has 0 fully saturated rings. The molecule has 0 aliphatic carbocycles. The Bertz CT molecular complexity index is 857. The third-order valence-electron chi connectivity index (χ3n) is 3.41. The van der Waals surface area contributed by atoms with Gasteiger partial charge in [-0.3, -0.25) is 9.36 Å². The lowest BCUT2D eigenvalue weighted by Crippen LogP contribution is -2.30. The summed E-state index contributed by atoms with van der Waals surface area (Å²) < 4.78 is 11.7. The minimum atomic E-state index is -0.781. The van der Waals surface area contributed by atoms with E-state index in [4.69, 9.17) is 9.47 Å². The topological polar surface area (TPSA) is 74.6 Å². The van der Waals surface area contributed by atoms with Crippen LogP contribution in [-0.2, 0) is 9.47 Å². The van der Waals surface area contributed by atoms with Crippen molar-refractivity contribution in [2.75, 3.05) is 13.7 Å². The summed E-state index contributed by atoms with van der Waals surface area (Å²) in [5.74, 6) is -1.42. The van der Waals surface area contributed by atoms with Crippen molar-refractivity contribution in [1.82, 2.24) is 4.57 Å². The molecule has 0 saturated carbocycles. The van der Waals surface area contributed by atoms with Crippen LogP contribution in [0.25, 0.3) is 5.69 Å². The second kappa shape index (κ2) is 7.44. The molecule has 1 heterocycles. The molecule has 0 saturated heterocycles. The molecule has 6 nitrogen and oxygen atoms in total. The maximum Gasteiger partial charge on any atom is 0.343 e. The van der Waals surface area contributed by atoms with Crippen molar-refractivity contribution < 1.29 is 19.1 Å². The number of methoxy groups -OCH3 is 1. The Hall–Kier alpha value is -2.41. The molecule has 0 aliphatic rings. The molecule has 0 N–H and O–H groups in total. The number of aromatic nitrogens is 1. The van der Waals surface area contributed by atoms with Crippen LogP contribution >= 0.6 is 15.9 Å². The molecule has 2 aromatic rings. The van der Waals surface area contributed by atoms with E-state index < -0.39 is 17.5 Å². The minimum Gasteiger partial charge on any atom is -0.465 e. The standard InChI is InChI=1S/C17H16BrNO5/c1-4-24-17(22)14-9-13(16(21)23-3)10(2)19(15(14)20)12-7-5-6-11(18)8-12/h5-9H,4H2,1-3H3. The van der Waals surface area contributed by atoms with E-state index in [0.29, 0.717) is 11.4 Å². The summed E-state index contributed by atoms with van der Waals surface area (Å²) in [4.78, 5) is 36.9. The Morgan fingerprint density at radius 2 is 1.88 bits per heavy atom. The van der Waals surface area contributed by atoms with Crippen molar-refractivity contribution in [2.24, 2.45) is 0 Å². The molecule has 2 rings (SSSR count). The minimum absolute atomic E-state index is 0.122. The third-order valence-corrected chi connectivity index (χ3v) is 3.91. The van der Waals surface area contributed by atoms with Crippen LogP contribution in [0.4, 0.5) is 0 Å². The molecule has 24 heavy (non-hydrogen) atoms. The number of carbonyl (C=O) groups excluding carboxylic acids is 2. The van der Waals surface area contributed by atoms with Crippen LogP contribution in [0.15, 0.2) is 39.6 Å². The zero-order valence-electron chi connectivity index (χ0n) is 13.5. The summed E-state index contributed by atoms with van der Waals surface area (Å²) >= 11 is 3.34. The number of esters is 2. The van der Waals surface area contributed by atoms with E-state index in [1.807, 2.05) is 0 Å². The highest BCUT2D eigenvalue weighted by Gasteiger charge is 2.22. The molecule has 0 atom stereocenters. The smallest absolute Gasteiger partial charge is 0.343 e. The average molecular weight is 394 g/mol.